The fourth-order valence-electron chi connectivity index (χ4n) is 3.59. The Labute approximate surface area is 181 Å². The molecule has 31 heavy (non-hydrogen) atoms. The van der Waals surface area contributed by atoms with Crippen molar-refractivity contribution in [3.63, 3.8) is 0 Å². The highest BCUT2D eigenvalue weighted by molar-refractivity contribution is 7.19. The number of carbonyl (C=O) groups is 1. The Balaban J connectivity index is 1.48. The highest BCUT2D eigenvalue weighted by Gasteiger charge is 2.23. The Morgan fingerprint density at radius 1 is 1.39 bits per heavy atom. The van der Waals surface area contributed by atoms with Gasteiger partial charge < -0.3 is 21.7 Å². The van der Waals surface area contributed by atoms with Crippen molar-refractivity contribution >= 4 is 33.8 Å². The minimum absolute atomic E-state index is 0.00634. The number of halogens is 2. The number of nitrogens with two attached hydrogens (primary N) is 1. The zero-order valence-electron chi connectivity index (χ0n) is 16.9. The van der Waals surface area contributed by atoms with Crippen molar-refractivity contribution in [2.24, 2.45) is 7.05 Å². The maximum Gasteiger partial charge on any atom is 0.277 e. The zero-order valence-corrected chi connectivity index (χ0v) is 17.7. The molecular formula is C20H23F2N7OS. The van der Waals surface area contributed by atoms with Crippen LogP contribution < -0.4 is 21.7 Å². The molecule has 1 aliphatic rings. The number of amides is 1. The van der Waals surface area contributed by atoms with E-state index < -0.39 is 17.5 Å². The van der Waals surface area contributed by atoms with Gasteiger partial charge in [-0.15, -0.1) is 0 Å². The standard InChI is InChI=1S/C20H23F2N7OS/c1-29-18(25-9-7-11-4-3-8-24-11)14(10-26-29)27-19(30)16-17(23)31-20(28-16)15-12(21)5-2-6-13(15)22/h2,5-6,10-11,24-25H,3-4,7-9,23H2,1H3,(H,27,30). The van der Waals surface area contributed by atoms with Gasteiger partial charge in [-0.25, -0.2) is 13.8 Å². The number of hydrogen-bond donors (Lipinski definition) is 4. The van der Waals surface area contributed by atoms with Gasteiger partial charge in [0.05, 0.1) is 11.8 Å². The van der Waals surface area contributed by atoms with Crippen LogP contribution in [0.4, 0.5) is 25.3 Å². The van der Waals surface area contributed by atoms with Gasteiger partial charge in [-0.2, -0.15) is 5.10 Å². The third-order valence-electron chi connectivity index (χ3n) is 5.18. The van der Waals surface area contributed by atoms with Crippen molar-refractivity contribution < 1.29 is 13.6 Å². The first kappa shape index (κ1) is 21.2. The fourth-order valence-corrected chi connectivity index (χ4v) is 4.47. The van der Waals surface area contributed by atoms with Crippen LogP contribution in [0.3, 0.4) is 0 Å². The number of aromatic nitrogens is 3. The number of nitrogens with one attached hydrogen (secondary N) is 3. The van der Waals surface area contributed by atoms with Crippen LogP contribution in [0.15, 0.2) is 24.4 Å². The first-order valence-corrected chi connectivity index (χ1v) is 10.8. The summed E-state index contributed by atoms with van der Waals surface area (Å²) in [6.07, 6.45) is 4.82. The van der Waals surface area contributed by atoms with E-state index in [4.69, 9.17) is 5.73 Å². The summed E-state index contributed by atoms with van der Waals surface area (Å²) in [5.74, 6) is -1.46. The Kier molecular flexibility index (Phi) is 6.14. The summed E-state index contributed by atoms with van der Waals surface area (Å²) in [6.45, 7) is 1.77. The zero-order chi connectivity index (χ0) is 22.0. The van der Waals surface area contributed by atoms with Crippen LogP contribution in [0.2, 0.25) is 0 Å². The van der Waals surface area contributed by atoms with Crippen molar-refractivity contribution in [2.45, 2.75) is 25.3 Å². The lowest BCUT2D eigenvalue weighted by atomic mass is 10.1. The van der Waals surface area contributed by atoms with Crippen LogP contribution in [0.1, 0.15) is 29.8 Å². The number of benzene rings is 1. The lowest BCUT2D eigenvalue weighted by molar-refractivity contribution is 0.102. The van der Waals surface area contributed by atoms with Crippen LogP contribution in [-0.2, 0) is 7.05 Å². The maximum absolute atomic E-state index is 14.1. The van der Waals surface area contributed by atoms with Gasteiger partial charge in [-0.05, 0) is 37.9 Å². The minimum atomic E-state index is -0.767. The number of anilines is 3. The molecule has 0 bridgehead atoms. The molecule has 0 radical (unpaired) electrons. The molecule has 8 nitrogen and oxygen atoms in total. The van der Waals surface area contributed by atoms with Crippen molar-refractivity contribution in [2.75, 3.05) is 29.5 Å². The molecule has 1 saturated heterocycles. The van der Waals surface area contributed by atoms with Crippen LogP contribution in [0.5, 0.6) is 0 Å². The maximum atomic E-state index is 14.1. The summed E-state index contributed by atoms with van der Waals surface area (Å²) in [6, 6.07) is 4.01. The van der Waals surface area contributed by atoms with Crippen LogP contribution >= 0.6 is 11.3 Å². The average Bonchev–Trinajstić information content (AvgIpc) is 3.45. The molecular weight excluding hydrogens is 424 g/mol. The Morgan fingerprint density at radius 2 is 2.16 bits per heavy atom. The number of hydrogen-bond acceptors (Lipinski definition) is 7. The molecule has 0 saturated carbocycles. The Morgan fingerprint density at radius 3 is 2.87 bits per heavy atom. The predicted molar refractivity (Wildman–Crippen MR) is 117 cm³/mol. The second-order valence-corrected chi connectivity index (χ2v) is 8.35. The minimum Gasteiger partial charge on any atom is -0.389 e. The number of aryl methyl sites for hydroxylation is 1. The second kappa shape index (κ2) is 8.98. The van der Waals surface area contributed by atoms with Crippen LogP contribution in [0.25, 0.3) is 10.6 Å². The summed E-state index contributed by atoms with van der Waals surface area (Å²) in [5.41, 5.74) is 6.01. The van der Waals surface area contributed by atoms with Gasteiger partial charge in [0.25, 0.3) is 5.91 Å². The Bertz CT molecular complexity index is 1070. The van der Waals surface area contributed by atoms with Gasteiger partial charge >= 0.3 is 0 Å². The molecule has 1 amide bonds. The molecule has 0 aliphatic carbocycles. The second-order valence-electron chi connectivity index (χ2n) is 7.32. The summed E-state index contributed by atoms with van der Waals surface area (Å²) >= 11 is 0.854. The summed E-state index contributed by atoms with van der Waals surface area (Å²) in [4.78, 5) is 16.9. The van der Waals surface area contributed by atoms with Crippen molar-refractivity contribution in [3.8, 4) is 10.6 Å². The van der Waals surface area contributed by atoms with E-state index in [1.807, 2.05) is 0 Å². The number of nitrogens with zero attached hydrogens (tertiary/aromatic N) is 3. The van der Waals surface area contributed by atoms with Gasteiger partial charge in [-0.1, -0.05) is 17.4 Å². The van der Waals surface area contributed by atoms with E-state index in [1.54, 1.807) is 11.7 Å². The molecule has 2 aromatic heterocycles. The number of rotatable bonds is 7. The number of carbonyl (C=O) groups excluding carboxylic acids is 1. The van der Waals surface area contributed by atoms with Crippen molar-refractivity contribution in [1.29, 1.82) is 0 Å². The van der Waals surface area contributed by atoms with E-state index in [0.717, 1.165) is 49.4 Å². The lowest BCUT2D eigenvalue weighted by Crippen LogP contribution is -2.24. The lowest BCUT2D eigenvalue weighted by Gasteiger charge is -2.13. The molecule has 164 valence electrons. The monoisotopic (exact) mass is 447 g/mol. The SMILES string of the molecule is Cn1ncc(NC(=O)c2nc(-c3c(F)cccc3F)sc2N)c1NCCC1CCCN1. The van der Waals surface area contributed by atoms with E-state index in [1.165, 1.54) is 18.7 Å². The third-order valence-corrected chi connectivity index (χ3v) is 6.08. The van der Waals surface area contributed by atoms with E-state index in [-0.39, 0.29) is 21.3 Å². The summed E-state index contributed by atoms with van der Waals surface area (Å²) < 4.78 is 29.8. The molecule has 1 aliphatic heterocycles. The van der Waals surface area contributed by atoms with E-state index in [0.29, 0.717) is 17.5 Å². The van der Waals surface area contributed by atoms with Crippen LogP contribution in [0, 0.1) is 11.6 Å². The van der Waals surface area contributed by atoms with Gasteiger partial charge in [0, 0.05) is 19.6 Å². The van der Waals surface area contributed by atoms with Gasteiger partial charge in [-0.3, -0.25) is 9.48 Å². The normalized spacial score (nSPS) is 15.9. The number of thiazole rings is 1. The molecule has 5 N–H and O–H groups in total. The van der Waals surface area contributed by atoms with E-state index >= 15 is 0 Å². The van der Waals surface area contributed by atoms with Gasteiger partial charge in [0.2, 0.25) is 0 Å². The molecule has 0 spiro atoms. The average molecular weight is 448 g/mol. The van der Waals surface area contributed by atoms with Crippen molar-refractivity contribution in [1.82, 2.24) is 20.1 Å². The van der Waals surface area contributed by atoms with Gasteiger partial charge in [0.15, 0.2) is 5.69 Å². The molecule has 1 unspecified atom stereocenters. The van der Waals surface area contributed by atoms with E-state index in [9.17, 15) is 13.6 Å². The molecule has 1 fully saturated rings. The van der Waals surface area contributed by atoms with Gasteiger partial charge in [0.1, 0.15) is 33.1 Å². The molecule has 3 aromatic rings. The highest BCUT2D eigenvalue weighted by atomic mass is 32.1. The highest BCUT2D eigenvalue weighted by Crippen LogP contribution is 2.34. The number of nitrogen functional groups attached to an aromatic ring is 1. The first-order chi connectivity index (χ1) is 14.9. The molecule has 3 heterocycles. The summed E-state index contributed by atoms with van der Waals surface area (Å²) in [7, 11) is 1.77. The summed E-state index contributed by atoms with van der Waals surface area (Å²) in [5, 5.41) is 13.7. The van der Waals surface area contributed by atoms with E-state index in [2.05, 4.69) is 26.0 Å². The molecule has 11 heteroatoms. The largest absolute Gasteiger partial charge is 0.389 e. The quantitative estimate of drug-likeness (QED) is 0.443. The Hall–Kier alpha value is -3.05. The molecule has 4 rings (SSSR count). The third kappa shape index (κ3) is 4.52. The molecule has 1 atom stereocenters. The van der Waals surface area contributed by atoms with Crippen LogP contribution in [-0.4, -0.2) is 39.8 Å². The first-order valence-electron chi connectivity index (χ1n) is 9.95. The predicted octanol–water partition coefficient (Wildman–Crippen LogP) is 3.21. The topological polar surface area (TPSA) is 110 Å². The fraction of sp³-hybridized carbons (Fsp3) is 0.350. The van der Waals surface area contributed by atoms with Crippen molar-refractivity contribution in [3.05, 3.63) is 41.7 Å². The smallest absolute Gasteiger partial charge is 0.277 e. The molecule has 1 aromatic carbocycles.